The summed E-state index contributed by atoms with van der Waals surface area (Å²) >= 11 is 0. The van der Waals surface area contributed by atoms with Gasteiger partial charge in [0.25, 0.3) is 0 Å². The Balaban J connectivity index is 2.89. The molecule has 0 aromatic carbocycles. The highest BCUT2D eigenvalue weighted by atomic mass is 14.9. The zero-order valence-electron chi connectivity index (χ0n) is 9.80. The quantitative estimate of drug-likeness (QED) is 0.686. The molecule has 0 heterocycles. The molecule has 0 saturated heterocycles. The van der Waals surface area contributed by atoms with E-state index in [9.17, 15) is 0 Å². The zero-order valence-corrected chi connectivity index (χ0v) is 9.80. The minimum absolute atomic E-state index is 0.0466. The van der Waals surface area contributed by atoms with E-state index in [4.69, 9.17) is 0 Å². The molecule has 1 aliphatic carbocycles. The lowest BCUT2D eigenvalue weighted by molar-refractivity contribution is 0.666. The van der Waals surface area contributed by atoms with Crippen LogP contribution in [0.15, 0.2) is 60.5 Å². The molecule has 0 aromatic rings. The third-order valence-electron chi connectivity index (χ3n) is 2.60. The van der Waals surface area contributed by atoms with Crippen molar-refractivity contribution in [2.75, 3.05) is 0 Å². The van der Waals surface area contributed by atoms with Gasteiger partial charge < -0.3 is 5.32 Å². The Kier molecular flexibility index (Phi) is 3.35. The molecule has 1 aliphatic rings. The predicted molar refractivity (Wildman–Crippen MR) is 67.2 cm³/mol. The van der Waals surface area contributed by atoms with Gasteiger partial charge in [0, 0.05) is 16.8 Å². The predicted octanol–water partition coefficient (Wildman–Crippen LogP) is 3.70. The molecule has 1 heteroatoms. The highest BCUT2D eigenvalue weighted by Crippen LogP contribution is 2.30. The van der Waals surface area contributed by atoms with Crippen molar-refractivity contribution in [3.8, 4) is 0 Å². The molecular formula is C14H19N. The van der Waals surface area contributed by atoms with Gasteiger partial charge in [-0.15, -0.1) is 0 Å². The van der Waals surface area contributed by atoms with E-state index >= 15 is 0 Å². The number of allylic oxidation sites excluding steroid dienone is 7. The first-order valence-electron chi connectivity index (χ1n) is 5.11. The molecule has 0 spiro atoms. The van der Waals surface area contributed by atoms with E-state index in [1.165, 1.54) is 0 Å². The molecule has 0 aromatic heterocycles. The van der Waals surface area contributed by atoms with Crippen LogP contribution >= 0.6 is 0 Å². The van der Waals surface area contributed by atoms with E-state index < -0.39 is 0 Å². The summed E-state index contributed by atoms with van der Waals surface area (Å²) in [5.41, 5.74) is 3.09. The van der Waals surface area contributed by atoms with Crippen LogP contribution in [0.2, 0.25) is 0 Å². The van der Waals surface area contributed by atoms with Gasteiger partial charge in [-0.3, -0.25) is 0 Å². The summed E-state index contributed by atoms with van der Waals surface area (Å²) in [6.45, 7) is 14.0. The van der Waals surface area contributed by atoms with Crippen molar-refractivity contribution < 1.29 is 0 Å². The Labute approximate surface area is 92.6 Å². The van der Waals surface area contributed by atoms with E-state index in [0.717, 1.165) is 17.0 Å². The number of hydrogen-bond donors (Lipinski definition) is 1. The van der Waals surface area contributed by atoms with Crippen molar-refractivity contribution >= 4 is 0 Å². The van der Waals surface area contributed by atoms with Gasteiger partial charge in [0.05, 0.1) is 0 Å². The summed E-state index contributed by atoms with van der Waals surface area (Å²) in [5.74, 6) is 0. The standard InChI is InChI=1S/C14H19N/c1-11(2)14(5)9-6-7-13(8-10-14)15-12(3)4/h6-10,15H,1,3H2,2,4-5H3. The first-order valence-corrected chi connectivity index (χ1v) is 5.11. The summed E-state index contributed by atoms with van der Waals surface area (Å²) in [6.07, 6.45) is 10.5. The fourth-order valence-electron chi connectivity index (χ4n) is 1.34. The number of rotatable bonds is 3. The SMILES string of the molecule is C=C(C)NC1=CC=CC(C)(C(=C)C)C=C1. The molecular weight excluding hydrogens is 182 g/mol. The van der Waals surface area contributed by atoms with Gasteiger partial charge in [0.2, 0.25) is 0 Å². The van der Waals surface area contributed by atoms with Crippen LogP contribution in [0.5, 0.6) is 0 Å². The van der Waals surface area contributed by atoms with Crippen molar-refractivity contribution in [1.82, 2.24) is 5.32 Å². The van der Waals surface area contributed by atoms with Crippen LogP contribution in [0.25, 0.3) is 0 Å². The van der Waals surface area contributed by atoms with Crippen LogP contribution in [0, 0.1) is 5.41 Å². The maximum atomic E-state index is 4.01. The van der Waals surface area contributed by atoms with Gasteiger partial charge in [-0.25, -0.2) is 0 Å². The lowest BCUT2D eigenvalue weighted by Crippen LogP contribution is -2.11. The Morgan fingerprint density at radius 3 is 2.47 bits per heavy atom. The van der Waals surface area contributed by atoms with Crippen molar-refractivity contribution in [1.29, 1.82) is 0 Å². The molecule has 1 N–H and O–H groups in total. The Bertz CT molecular complexity index is 369. The smallest absolute Gasteiger partial charge is 0.0378 e. The summed E-state index contributed by atoms with van der Waals surface area (Å²) in [6, 6.07) is 0. The molecule has 15 heavy (non-hydrogen) atoms. The molecule has 0 fully saturated rings. The fraction of sp³-hybridized carbons (Fsp3) is 0.286. The van der Waals surface area contributed by atoms with Gasteiger partial charge in [-0.1, -0.05) is 37.0 Å². The summed E-state index contributed by atoms with van der Waals surface area (Å²) in [4.78, 5) is 0. The first-order chi connectivity index (χ1) is 6.94. The molecule has 0 amide bonds. The monoisotopic (exact) mass is 201 g/mol. The molecule has 0 bridgehead atoms. The Morgan fingerprint density at radius 1 is 1.27 bits per heavy atom. The van der Waals surface area contributed by atoms with Gasteiger partial charge >= 0.3 is 0 Å². The molecule has 1 rings (SSSR count). The molecule has 1 unspecified atom stereocenters. The Morgan fingerprint density at radius 2 is 1.93 bits per heavy atom. The molecule has 0 aliphatic heterocycles. The van der Waals surface area contributed by atoms with Crippen LogP contribution < -0.4 is 5.32 Å². The summed E-state index contributed by atoms with van der Waals surface area (Å²) < 4.78 is 0. The third kappa shape index (κ3) is 2.98. The zero-order chi connectivity index (χ0) is 11.5. The minimum Gasteiger partial charge on any atom is -0.360 e. The highest BCUT2D eigenvalue weighted by Gasteiger charge is 2.18. The van der Waals surface area contributed by atoms with Crippen molar-refractivity contribution in [2.45, 2.75) is 20.8 Å². The molecule has 80 valence electrons. The van der Waals surface area contributed by atoms with Crippen molar-refractivity contribution in [2.24, 2.45) is 5.41 Å². The maximum absolute atomic E-state index is 4.01. The second-order valence-corrected chi connectivity index (χ2v) is 4.28. The van der Waals surface area contributed by atoms with Gasteiger partial charge in [-0.2, -0.15) is 0 Å². The second-order valence-electron chi connectivity index (χ2n) is 4.28. The topological polar surface area (TPSA) is 12.0 Å². The average Bonchev–Trinajstić information content (AvgIpc) is 2.29. The number of nitrogens with one attached hydrogen (secondary N) is 1. The van der Waals surface area contributed by atoms with Crippen LogP contribution in [0.1, 0.15) is 20.8 Å². The van der Waals surface area contributed by atoms with Crippen LogP contribution in [0.4, 0.5) is 0 Å². The molecule has 1 atom stereocenters. The molecule has 0 radical (unpaired) electrons. The van der Waals surface area contributed by atoms with E-state index in [2.05, 4.69) is 49.7 Å². The van der Waals surface area contributed by atoms with E-state index in [1.807, 2.05) is 19.9 Å². The van der Waals surface area contributed by atoms with Crippen molar-refractivity contribution in [3.63, 3.8) is 0 Å². The van der Waals surface area contributed by atoms with E-state index in [-0.39, 0.29) is 5.41 Å². The van der Waals surface area contributed by atoms with Crippen molar-refractivity contribution in [3.05, 3.63) is 60.5 Å². The molecule has 0 saturated carbocycles. The van der Waals surface area contributed by atoms with Crippen LogP contribution in [-0.4, -0.2) is 0 Å². The van der Waals surface area contributed by atoms with Gasteiger partial charge in [0.15, 0.2) is 0 Å². The third-order valence-corrected chi connectivity index (χ3v) is 2.60. The first kappa shape index (κ1) is 11.6. The largest absolute Gasteiger partial charge is 0.360 e. The lowest BCUT2D eigenvalue weighted by atomic mass is 9.83. The Hall–Kier alpha value is -1.50. The van der Waals surface area contributed by atoms with Gasteiger partial charge in [0.1, 0.15) is 0 Å². The summed E-state index contributed by atoms with van der Waals surface area (Å²) in [5, 5.41) is 3.20. The normalized spacial score (nSPS) is 24.3. The highest BCUT2D eigenvalue weighted by molar-refractivity contribution is 5.36. The summed E-state index contributed by atoms with van der Waals surface area (Å²) in [7, 11) is 0. The van der Waals surface area contributed by atoms with Crippen LogP contribution in [-0.2, 0) is 0 Å². The minimum atomic E-state index is -0.0466. The second kappa shape index (κ2) is 4.35. The number of hydrogen-bond acceptors (Lipinski definition) is 1. The van der Waals surface area contributed by atoms with E-state index in [1.54, 1.807) is 0 Å². The van der Waals surface area contributed by atoms with E-state index in [0.29, 0.717) is 0 Å². The average molecular weight is 201 g/mol. The van der Waals surface area contributed by atoms with Gasteiger partial charge in [-0.05, 0) is 32.9 Å². The lowest BCUT2D eigenvalue weighted by Gasteiger charge is -2.21. The maximum Gasteiger partial charge on any atom is 0.0378 e. The van der Waals surface area contributed by atoms with Crippen LogP contribution in [0.3, 0.4) is 0 Å². The fourth-order valence-corrected chi connectivity index (χ4v) is 1.34. The molecule has 1 nitrogen and oxygen atoms in total.